The Labute approximate surface area is 124 Å². The first-order valence-electron chi connectivity index (χ1n) is 6.80. The second kappa shape index (κ2) is 7.28. The number of hydrogen-bond donors (Lipinski definition) is 2. The van der Waals surface area contributed by atoms with E-state index in [0.29, 0.717) is 24.5 Å². The SMILES string of the molecule is CNc1cc(C(=O)NCCOc2cccc(C)c2)ccn1. The highest BCUT2D eigenvalue weighted by atomic mass is 16.5. The molecule has 5 nitrogen and oxygen atoms in total. The molecule has 2 rings (SSSR count). The number of carbonyl (C=O) groups excluding carboxylic acids is 1. The van der Waals surface area contributed by atoms with Gasteiger partial charge in [0.15, 0.2) is 0 Å². The third kappa shape index (κ3) is 4.49. The van der Waals surface area contributed by atoms with Crippen LogP contribution in [0.25, 0.3) is 0 Å². The smallest absolute Gasteiger partial charge is 0.251 e. The van der Waals surface area contributed by atoms with Crippen LogP contribution in [0.15, 0.2) is 42.6 Å². The van der Waals surface area contributed by atoms with Crippen LogP contribution >= 0.6 is 0 Å². The van der Waals surface area contributed by atoms with Crippen molar-refractivity contribution in [2.45, 2.75) is 6.92 Å². The molecule has 0 spiro atoms. The lowest BCUT2D eigenvalue weighted by molar-refractivity contribution is 0.0947. The van der Waals surface area contributed by atoms with Gasteiger partial charge in [-0.2, -0.15) is 0 Å². The van der Waals surface area contributed by atoms with Gasteiger partial charge < -0.3 is 15.4 Å². The fourth-order valence-corrected chi connectivity index (χ4v) is 1.85. The predicted octanol–water partition coefficient (Wildman–Crippen LogP) is 2.24. The molecule has 0 aliphatic heterocycles. The van der Waals surface area contributed by atoms with Gasteiger partial charge in [0.25, 0.3) is 5.91 Å². The number of rotatable bonds is 6. The largest absolute Gasteiger partial charge is 0.492 e. The Morgan fingerprint density at radius 3 is 2.90 bits per heavy atom. The molecule has 2 N–H and O–H groups in total. The molecular weight excluding hydrogens is 266 g/mol. The molecule has 110 valence electrons. The number of amides is 1. The van der Waals surface area contributed by atoms with Crippen molar-refractivity contribution in [3.8, 4) is 5.75 Å². The number of aryl methyl sites for hydroxylation is 1. The molecule has 0 aliphatic rings. The zero-order valence-electron chi connectivity index (χ0n) is 12.2. The minimum Gasteiger partial charge on any atom is -0.492 e. The van der Waals surface area contributed by atoms with Crippen molar-refractivity contribution in [1.29, 1.82) is 0 Å². The Hall–Kier alpha value is -2.56. The standard InChI is InChI=1S/C16H19N3O2/c1-12-4-3-5-14(10-12)21-9-8-19-16(20)13-6-7-18-15(11-13)17-2/h3-7,10-11H,8-9H2,1-2H3,(H,17,18)(H,19,20). The molecule has 0 atom stereocenters. The maximum absolute atomic E-state index is 12.0. The number of hydrogen-bond acceptors (Lipinski definition) is 4. The molecule has 0 fully saturated rings. The molecule has 0 unspecified atom stereocenters. The van der Waals surface area contributed by atoms with Crippen LogP contribution in [0.4, 0.5) is 5.82 Å². The summed E-state index contributed by atoms with van der Waals surface area (Å²) in [6.07, 6.45) is 1.60. The van der Waals surface area contributed by atoms with E-state index in [-0.39, 0.29) is 5.91 Å². The lowest BCUT2D eigenvalue weighted by Gasteiger charge is -2.09. The van der Waals surface area contributed by atoms with E-state index in [4.69, 9.17) is 4.74 Å². The summed E-state index contributed by atoms with van der Waals surface area (Å²) in [4.78, 5) is 16.0. The van der Waals surface area contributed by atoms with Gasteiger partial charge in [-0.1, -0.05) is 12.1 Å². The molecule has 2 aromatic rings. The average molecular weight is 285 g/mol. The highest BCUT2D eigenvalue weighted by Gasteiger charge is 2.05. The van der Waals surface area contributed by atoms with Gasteiger partial charge in [0.2, 0.25) is 0 Å². The summed E-state index contributed by atoms with van der Waals surface area (Å²) in [7, 11) is 1.76. The normalized spacial score (nSPS) is 10.0. The van der Waals surface area contributed by atoms with Crippen LogP contribution in [-0.4, -0.2) is 31.1 Å². The number of anilines is 1. The number of ether oxygens (including phenoxy) is 1. The van der Waals surface area contributed by atoms with Crippen LogP contribution in [0.2, 0.25) is 0 Å². The minimum atomic E-state index is -0.137. The maximum atomic E-state index is 12.0. The Morgan fingerprint density at radius 1 is 1.29 bits per heavy atom. The van der Waals surface area contributed by atoms with E-state index < -0.39 is 0 Å². The molecular formula is C16H19N3O2. The maximum Gasteiger partial charge on any atom is 0.251 e. The third-order valence-corrected chi connectivity index (χ3v) is 2.92. The summed E-state index contributed by atoms with van der Waals surface area (Å²) in [5.74, 6) is 1.34. The first-order valence-corrected chi connectivity index (χ1v) is 6.80. The van der Waals surface area contributed by atoms with E-state index in [1.54, 1.807) is 25.4 Å². The van der Waals surface area contributed by atoms with Crippen LogP contribution in [-0.2, 0) is 0 Å². The molecule has 1 heterocycles. The number of nitrogens with zero attached hydrogens (tertiary/aromatic N) is 1. The minimum absolute atomic E-state index is 0.137. The van der Waals surface area contributed by atoms with Crippen molar-refractivity contribution in [3.63, 3.8) is 0 Å². The zero-order valence-corrected chi connectivity index (χ0v) is 12.2. The van der Waals surface area contributed by atoms with Gasteiger partial charge in [-0.25, -0.2) is 4.98 Å². The van der Waals surface area contributed by atoms with E-state index in [2.05, 4.69) is 15.6 Å². The van der Waals surface area contributed by atoms with E-state index in [1.807, 2.05) is 31.2 Å². The zero-order chi connectivity index (χ0) is 15.1. The topological polar surface area (TPSA) is 63.2 Å². The van der Waals surface area contributed by atoms with Gasteiger partial charge in [0.05, 0.1) is 6.54 Å². The van der Waals surface area contributed by atoms with Crippen LogP contribution in [0.5, 0.6) is 5.75 Å². The molecule has 0 saturated carbocycles. The number of carbonyl (C=O) groups is 1. The molecule has 0 radical (unpaired) electrons. The van der Waals surface area contributed by atoms with Gasteiger partial charge >= 0.3 is 0 Å². The van der Waals surface area contributed by atoms with Crippen molar-refractivity contribution in [2.24, 2.45) is 0 Å². The highest BCUT2D eigenvalue weighted by molar-refractivity contribution is 5.94. The number of pyridine rings is 1. The van der Waals surface area contributed by atoms with Gasteiger partial charge in [-0.3, -0.25) is 4.79 Å². The summed E-state index contributed by atoms with van der Waals surface area (Å²) in [5, 5.41) is 5.72. The van der Waals surface area contributed by atoms with Crippen molar-refractivity contribution in [1.82, 2.24) is 10.3 Å². The fourth-order valence-electron chi connectivity index (χ4n) is 1.85. The molecule has 0 saturated heterocycles. The second-order valence-electron chi connectivity index (χ2n) is 4.60. The Morgan fingerprint density at radius 2 is 2.14 bits per heavy atom. The Kier molecular flexibility index (Phi) is 5.15. The Balaban J connectivity index is 1.79. The second-order valence-corrected chi connectivity index (χ2v) is 4.60. The molecule has 0 bridgehead atoms. The van der Waals surface area contributed by atoms with Gasteiger partial charge in [0, 0.05) is 18.8 Å². The molecule has 5 heteroatoms. The fraction of sp³-hybridized carbons (Fsp3) is 0.250. The highest BCUT2D eigenvalue weighted by Crippen LogP contribution is 2.11. The van der Waals surface area contributed by atoms with E-state index >= 15 is 0 Å². The number of benzene rings is 1. The van der Waals surface area contributed by atoms with Gasteiger partial charge in [-0.05, 0) is 36.8 Å². The van der Waals surface area contributed by atoms with Gasteiger partial charge in [0.1, 0.15) is 18.2 Å². The lowest BCUT2D eigenvalue weighted by atomic mass is 10.2. The lowest BCUT2D eigenvalue weighted by Crippen LogP contribution is -2.28. The number of nitrogens with one attached hydrogen (secondary N) is 2. The summed E-state index contributed by atoms with van der Waals surface area (Å²) in [6.45, 7) is 2.89. The monoisotopic (exact) mass is 285 g/mol. The van der Waals surface area contributed by atoms with Crippen molar-refractivity contribution < 1.29 is 9.53 Å². The molecule has 1 amide bonds. The summed E-state index contributed by atoms with van der Waals surface area (Å²) < 4.78 is 5.58. The number of aromatic nitrogens is 1. The van der Waals surface area contributed by atoms with Crippen LogP contribution in [0, 0.1) is 6.92 Å². The van der Waals surface area contributed by atoms with Gasteiger partial charge in [-0.15, -0.1) is 0 Å². The van der Waals surface area contributed by atoms with Crippen molar-refractivity contribution in [2.75, 3.05) is 25.5 Å². The molecule has 1 aromatic heterocycles. The molecule has 21 heavy (non-hydrogen) atoms. The predicted molar refractivity (Wildman–Crippen MR) is 82.8 cm³/mol. The third-order valence-electron chi connectivity index (χ3n) is 2.92. The summed E-state index contributed by atoms with van der Waals surface area (Å²) in [6, 6.07) is 11.2. The summed E-state index contributed by atoms with van der Waals surface area (Å²) in [5.41, 5.74) is 1.72. The van der Waals surface area contributed by atoms with Crippen molar-refractivity contribution in [3.05, 3.63) is 53.7 Å². The van der Waals surface area contributed by atoms with Crippen LogP contribution in [0.3, 0.4) is 0 Å². The average Bonchev–Trinajstić information content (AvgIpc) is 2.51. The van der Waals surface area contributed by atoms with E-state index in [0.717, 1.165) is 11.3 Å². The molecule has 1 aromatic carbocycles. The quantitative estimate of drug-likeness (QED) is 0.799. The van der Waals surface area contributed by atoms with Crippen LogP contribution < -0.4 is 15.4 Å². The summed E-state index contributed by atoms with van der Waals surface area (Å²) >= 11 is 0. The van der Waals surface area contributed by atoms with Crippen LogP contribution in [0.1, 0.15) is 15.9 Å². The first-order chi connectivity index (χ1) is 10.2. The van der Waals surface area contributed by atoms with E-state index in [9.17, 15) is 4.79 Å². The molecule has 0 aliphatic carbocycles. The van der Waals surface area contributed by atoms with Crippen molar-refractivity contribution >= 4 is 11.7 Å². The van der Waals surface area contributed by atoms with E-state index in [1.165, 1.54) is 0 Å². The first kappa shape index (κ1) is 14.8. The Bertz CT molecular complexity index is 614.